The average molecular weight is 453 g/mol. The molecule has 9 nitrogen and oxygen atoms in total. The quantitative estimate of drug-likeness (QED) is 0.494. The van der Waals surface area contributed by atoms with Crippen molar-refractivity contribution in [3.8, 4) is 10.6 Å². The Morgan fingerprint density at radius 1 is 1.27 bits per heavy atom. The molecule has 2 atom stereocenters. The van der Waals surface area contributed by atoms with Gasteiger partial charge in [-0.2, -0.15) is 0 Å². The second-order valence-corrected chi connectivity index (χ2v) is 9.52. The molecule has 1 saturated carbocycles. The molecule has 11 heteroatoms. The summed E-state index contributed by atoms with van der Waals surface area (Å²) in [4.78, 5) is 9.30. The number of methoxy groups -OCH3 is 1. The van der Waals surface area contributed by atoms with Gasteiger partial charge in [0, 0.05) is 25.1 Å². The van der Waals surface area contributed by atoms with E-state index < -0.39 is 16.2 Å². The predicted octanol–water partition coefficient (Wildman–Crippen LogP) is 3.61. The van der Waals surface area contributed by atoms with Gasteiger partial charge in [0.05, 0.1) is 4.88 Å². The van der Waals surface area contributed by atoms with Crippen LogP contribution in [0.4, 0.5) is 4.79 Å². The molecule has 1 aliphatic carbocycles. The highest BCUT2D eigenvalue weighted by Gasteiger charge is 2.41. The van der Waals surface area contributed by atoms with Gasteiger partial charge in [0.2, 0.25) is 10.0 Å². The summed E-state index contributed by atoms with van der Waals surface area (Å²) in [7, 11) is -1.97. The first kappa shape index (κ1) is 22.0. The van der Waals surface area contributed by atoms with Crippen molar-refractivity contribution in [3.63, 3.8) is 0 Å². The molecule has 0 spiro atoms. The highest BCUT2D eigenvalue weighted by Crippen LogP contribution is 2.42. The van der Waals surface area contributed by atoms with E-state index >= 15 is 0 Å². The van der Waals surface area contributed by atoms with E-state index in [9.17, 15) is 8.42 Å². The maximum Gasteiger partial charge on any atom is 0.503 e. The van der Waals surface area contributed by atoms with Crippen LogP contribution < -0.4 is 4.72 Å². The van der Waals surface area contributed by atoms with Crippen molar-refractivity contribution in [1.29, 1.82) is 0 Å². The van der Waals surface area contributed by atoms with Crippen LogP contribution in [0.15, 0.2) is 57.3 Å². The molecule has 0 radical (unpaired) electrons. The fourth-order valence-electron chi connectivity index (χ4n) is 2.89. The maximum atomic E-state index is 12.6. The van der Waals surface area contributed by atoms with Gasteiger partial charge in [-0.15, -0.1) is 11.3 Å². The number of aromatic nitrogens is 1. The summed E-state index contributed by atoms with van der Waals surface area (Å²) >= 11 is 1.18. The van der Waals surface area contributed by atoms with E-state index in [1.807, 2.05) is 30.3 Å². The normalized spacial score (nSPS) is 17.8. The molecule has 0 bridgehead atoms. The highest BCUT2D eigenvalue weighted by atomic mass is 32.2. The van der Waals surface area contributed by atoms with Gasteiger partial charge < -0.3 is 19.5 Å². The van der Waals surface area contributed by atoms with Gasteiger partial charge in [-0.25, -0.2) is 17.9 Å². The lowest BCUT2D eigenvalue weighted by molar-refractivity contribution is 0.137. The zero-order chi connectivity index (χ0) is 21.7. The predicted molar refractivity (Wildman–Crippen MR) is 109 cm³/mol. The molecular formula is C19H20N2O7S2. The standard InChI is InChI=1S/C18H18N2O4S2.CH2O3/c1-23-11-13-9-16(19-24-13)17-7-8-18(25-17)26(21,22)20-15-10-14(15)12-5-3-2-4-6-12;2-1(3)4/h2-9,14-15,20H,10-11H2,1H3;(H2,2,3,4)/t14-,15+;/m1./s1. The van der Waals surface area contributed by atoms with Gasteiger partial charge >= 0.3 is 6.16 Å². The van der Waals surface area contributed by atoms with Crippen LogP contribution in [0.1, 0.15) is 23.7 Å². The van der Waals surface area contributed by atoms with E-state index in [1.54, 1.807) is 25.3 Å². The number of nitrogens with zero attached hydrogens (tertiary/aromatic N) is 1. The molecule has 160 valence electrons. The Hall–Kier alpha value is -2.73. The van der Waals surface area contributed by atoms with Crippen LogP contribution in [0.5, 0.6) is 0 Å². The lowest BCUT2D eigenvalue weighted by Gasteiger charge is -2.04. The summed E-state index contributed by atoms with van der Waals surface area (Å²) in [6, 6.07) is 15.0. The van der Waals surface area contributed by atoms with Crippen LogP contribution in [0.3, 0.4) is 0 Å². The van der Waals surface area contributed by atoms with Crippen molar-refractivity contribution in [1.82, 2.24) is 9.88 Å². The number of thiophene rings is 1. The third-order valence-corrected chi connectivity index (χ3v) is 7.36. The molecule has 30 heavy (non-hydrogen) atoms. The maximum absolute atomic E-state index is 12.6. The minimum Gasteiger partial charge on any atom is -0.450 e. The first-order valence-corrected chi connectivity index (χ1v) is 11.1. The lowest BCUT2D eigenvalue weighted by Crippen LogP contribution is -2.26. The van der Waals surface area contributed by atoms with Crippen LogP contribution in [-0.2, 0) is 21.4 Å². The van der Waals surface area contributed by atoms with Gasteiger partial charge in [0.1, 0.15) is 16.5 Å². The number of carboxylic acid groups (broad SMARTS) is 2. The lowest BCUT2D eigenvalue weighted by atomic mass is 10.1. The van der Waals surface area contributed by atoms with E-state index in [0.717, 1.165) is 11.3 Å². The first-order valence-electron chi connectivity index (χ1n) is 8.84. The van der Waals surface area contributed by atoms with Crippen molar-refractivity contribution in [2.45, 2.75) is 29.2 Å². The van der Waals surface area contributed by atoms with Gasteiger partial charge in [0.15, 0.2) is 5.76 Å². The second-order valence-electron chi connectivity index (χ2n) is 6.49. The molecule has 0 aliphatic heterocycles. The fourth-order valence-corrected chi connectivity index (χ4v) is 5.46. The minimum absolute atomic E-state index is 0.0479. The van der Waals surface area contributed by atoms with Gasteiger partial charge in [0.25, 0.3) is 0 Å². The molecule has 0 amide bonds. The molecule has 2 aromatic heterocycles. The van der Waals surface area contributed by atoms with Crippen molar-refractivity contribution in [3.05, 3.63) is 59.9 Å². The average Bonchev–Trinajstić information content (AvgIpc) is 3.09. The van der Waals surface area contributed by atoms with E-state index in [0.29, 0.717) is 18.1 Å². The molecular weight excluding hydrogens is 432 g/mol. The molecule has 0 unspecified atom stereocenters. The molecule has 1 fully saturated rings. The van der Waals surface area contributed by atoms with E-state index in [-0.39, 0.29) is 16.2 Å². The van der Waals surface area contributed by atoms with Gasteiger partial charge in [-0.3, -0.25) is 0 Å². The number of nitrogens with one attached hydrogen (secondary N) is 1. The summed E-state index contributed by atoms with van der Waals surface area (Å²) in [6.45, 7) is 0.327. The number of sulfonamides is 1. The Balaban J connectivity index is 0.000000589. The zero-order valence-electron chi connectivity index (χ0n) is 15.9. The van der Waals surface area contributed by atoms with Crippen molar-refractivity contribution in [2.24, 2.45) is 0 Å². The van der Waals surface area contributed by atoms with Gasteiger partial charge in [-0.05, 0) is 24.1 Å². The SMILES string of the molecule is COCc1cc(-c2ccc(S(=O)(=O)N[C@H]3C[C@@H]3c3ccccc3)s2)no1.O=C(O)O. The largest absolute Gasteiger partial charge is 0.503 e. The van der Waals surface area contributed by atoms with Crippen LogP contribution in [0, 0.1) is 0 Å². The minimum atomic E-state index is -3.54. The van der Waals surface area contributed by atoms with Crippen molar-refractivity contribution in [2.75, 3.05) is 7.11 Å². The van der Waals surface area contributed by atoms with E-state index in [2.05, 4.69) is 9.88 Å². The summed E-state index contributed by atoms with van der Waals surface area (Å²) in [5.74, 6) is 0.847. The molecule has 1 aromatic carbocycles. The molecule has 4 rings (SSSR count). The van der Waals surface area contributed by atoms with E-state index in [1.165, 1.54) is 16.9 Å². The second kappa shape index (κ2) is 9.39. The van der Waals surface area contributed by atoms with Crippen LogP contribution in [0.2, 0.25) is 0 Å². The number of benzene rings is 1. The topological polar surface area (TPSA) is 139 Å². The Morgan fingerprint density at radius 2 is 1.97 bits per heavy atom. The first-order chi connectivity index (χ1) is 14.3. The number of hydrogen-bond acceptors (Lipinski definition) is 7. The Kier molecular flexibility index (Phi) is 6.87. The monoisotopic (exact) mass is 452 g/mol. The third-order valence-electron chi connectivity index (χ3n) is 4.27. The fraction of sp³-hybridized carbons (Fsp3) is 0.263. The molecule has 2 heterocycles. The van der Waals surface area contributed by atoms with E-state index in [4.69, 9.17) is 24.3 Å². The molecule has 3 aromatic rings. The number of ether oxygens (including phenoxy) is 1. The van der Waals surface area contributed by atoms with Crippen LogP contribution >= 0.6 is 11.3 Å². The van der Waals surface area contributed by atoms with Crippen LogP contribution in [-0.4, -0.2) is 43.1 Å². The summed E-state index contributed by atoms with van der Waals surface area (Å²) < 4.78 is 38.5. The van der Waals surface area contributed by atoms with Gasteiger partial charge in [-0.1, -0.05) is 35.5 Å². The number of carbonyl (C=O) groups is 1. The highest BCUT2D eigenvalue weighted by molar-refractivity contribution is 7.91. The molecule has 1 aliphatic rings. The molecule has 0 saturated heterocycles. The van der Waals surface area contributed by atoms with Crippen molar-refractivity contribution >= 4 is 27.5 Å². The number of hydrogen-bond donors (Lipinski definition) is 3. The smallest absolute Gasteiger partial charge is 0.450 e. The Morgan fingerprint density at radius 3 is 2.63 bits per heavy atom. The Labute approximate surface area is 177 Å². The molecule has 3 N–H and O–H groups in total. The number of rotatable bonds is 7. The summed E-state index contributed by atoms with van der Waals surface area (Å²) in [5.41, 5.74) is 1.78. The summed E-state index contributed by atoms with van der Waals surface area (Å²) in [5, 5.41) is 17.9. The zero-order valence-corrected chi connectivity index (χ0v) is 17.5. The third kappa shape index (κ3) is 5.66. The van der Waals surface area contributed by atoms with Crippen LogP contribution in [0.25, 0.3) is 10.6 Å². The Bertz CT molecular complexity index is 1090. The summed E-state index contributed by atoms with van der Waals surface area (Å²) in [6.07, 6.45) is -1.01. The van der Waals surface area contributed by atoms with Crippen molar-refractivity contribution < 1.29 is 32.7 Å².